The fraction of sp³-hybridized carbons (Fsp3) is 0.458. The molecule has 0 aliphatic carbocycles. The van der Waals surface area contributed by atoms with Crippen LogP contribution >= 0.6 is 0 Å². The number of hydrogen-bond donors (Lipinski definition) is 0. The van der Waals surface area contributed by atoms with Crippen molar-refractivity contribution in [2.24, 2.45) is 5.41 Å². The number of benzene rings is 2. The van der Waals surface area contributed by atoms with Crippen LogP contribution < -0.4 is 4.74 Å². The van der Waals surface area contributed by atoms with Crippen molar-refractivity contribution in [1.29, 1.82) is 0 Å². The predicted molar refractivity (Wildman–Crippen MR) is 121 cm³/mol. The molecule has 0 radical (unpaired) electrons. The summed E-state index contributed by atoms with van der Waals surface area (Å²) >= 11 is 0. The smallest absolute Gasteiger partial charge is 0.312 e. The Morgan fingerprint density at radius 1 is 0.968 bits per heavy atom. The van der Waals surface area contributed by atoms with Crippen LogP contribution in [0.2, 0.25) is 0 Å². The van der Waals surface area contributed by atoms with Crippen molar-refractivity contribution in [1.82, 2.24) is 0 Å². The first-order valence-corrected chi connectivity index (χ1v) is 12.3. The van der Waals surface area contributed by atoms with Crippen LogP contribution in [0.25, 0.3) is 0 Å². The Kier molecular flexibility index (Phi) is 9.52. The Bertz CT molecular complexity index is 909. The number of carbonyl (C=O) groups excluding carboxylic acids is 1. The van der Waals surface area contributed by atoms with Crippen molar-refractivity contribution in [3.05, 3.63) is 65.7 Å². The summed E-state index contributed by atoms with van der Waals surface area (Å²) in [6, 6.07) is 17.7. The zero-order valence-corrected chi connectivity index (χ0v) is 19.3. The van der Waals surface area contributed by atoms with Gasteiger partial charge in [-0.25, -0.2) is 0 Å². The Balaban J connectivity index is 1.95. The van der Waals surface area contributed by atoms with E-state index in [0.717, 1.165) is 31.1 Å². The molecule has 0 N–H and O–H groups in total. The van der Waals surface area contributed by atoms with Gasteiger partial charge in [-0.05, 0) is 62.8 Å². The predicted octanol–water partition coefficient (Wildman–Crippen LogP) is 4.18. The summed E-state index contributed by atoms with van der Waals surface area (Å²) in [7, 11) is -3.47. The van der Waals surface area contributed by atoms with Crippen LogP contribution in [-0.4, -0.2) is 40.5 Å². The zero-order valence-electron chi connectivity index (χ0n) is 18.5. The molecule has 0 spiro atoms. The molecule has 7 heteroatoms. The molecule has 0 aliphatic rings. The molecule has 6 nitrogen and oxygen atoms in total. The first-order chi connectivity index (χ1) is 14.7. The molecule has 1 atom stereocenters. The maximum atomic E-state index is 12.7. The van der Waals surface area contributed by atoms with E-state index in [2.05, 4.69) is 16.3 Å². The highest BCUT2D eigenvalue weighted by Gasteiger charge is 2.34. The fourth-order valence-electron chi connectivity index (χ4n) is 3.39. The molecule has 2 aromatic carbocycles. The third-order valence-corrected chi connectivity index (χ3v) is 5.57. The van der Waals surface area contributed by atoms with Gasteiger partial charge in [-0.1, -0.05) is 42.5 Å². The van der Waals surface area contributed by atoms with Crippen LogP contribution in [0.3, 0.4) is 0 Å². The van der Waals surface area contributed by atoms with E-state index in [1.54, 1.807) is 0 Å². The van der Waals surface area contributed by atoms with Gasteiger partial charge in [-0.2, -0.15) is 8.42 Å². The molecule has 170 valence electrons. The average molecular weight is 449 g/mol. The number of rotatable bonds is 13. The monoisotopic (exact) mass is 448 g/mol. The van der Waals surface area contributed by atoms with E-state index in [9.17, 15) is 13.2 Å². The van der Waals surface area contributed by atoms with E-state index in [4.69, 9.17) is 9.47 Å². The van der Waals surface area contributed by atoms with E-state index < -0.39 is 15.5 Å². The third kappa shape index (κ3) is 9.11. The molecule has 0 amide bonds. The van der Waals surface area contributed by atoms with Crippen LogP contribution in [0.5, 0.6) is 5.75 Å². The Morgan fingerprint density at radius 3 is 2.26 bits per heavy atom. The van der Waals surface area contributed by atoms with Crippen molar-refractivity contribution >= 4 is 16.1 Å². The van der Waals surface area contributed by atoms with Crippen LogP contribution in [0.15, 0.2) is 54.6 Å². The van der Waals surface area contributed by atoms with Crippen molar-refractivity contribution in [3.8, 4) is 5.75 Å². The molecule has 31 heavy (non-hydrogen) atoms. The highest BCUT2D eigenvalue weighted by molar-refractivity contribution is 7.85. The van der Waals surface area contributed by atoms with Gasteiger partial charge in [-0.15, -0.1) is 0 Å². The molecule has 0 saturated carbocycles. The van der Waals surface area contributed by atoms with Gasteiger partial charge in [0.05, 0.1) is 18.3 Å². The maximum Gasteiger partial charge on any atom is 0.312 e. The fourth-order valence-corrected chi connectivity index (χ4v) is 3.77. The number of aryl methyl sites for hydroxylation is 1. The summed E-state index contributed by atoms with van der Waals surface area (Å²) in [6.45, 7) is 4.23. The van der Waals surface area contributed by atoms with Gasteiger partial charge in [0.15, 0.2) is 0 Å². The normalized spacial score (nSPS) is 13.4. The lowest BCUT2D eigenvalue weighted by atomic mass is 9.79. The molecule has 0 heterocycles. The van der Waals surface area contributed by atoms with E-state index in [1.807, 2.05) is 56.3 Å². The van der Waals surface area contributed by atoms with E-state index in [1.165, 1.54) is 5.56 Å². The molecule has 1 unspecified atom stereocenters. The second kappa shape index (κ2) is 11.9. The van der Waals surface area contributed by atoms with Crippen LogP contribution in [0.4, 0.5) is 0 Å². The minimum absolute atomic E-state index is 0.0388. The van der Waals surface area contributed by atoms with Gasteiger partial charge in [0.2, 0.25) is 0 Å². The van der Waals surface area contributed by atoms with Gasteiger partial charge in [0.25, 0.3) is 10.1 Å². The summed E-state index contributed by atoms with van der Waals surface area (Å²) in [5.41, 5.74) is 1.65. The quantitative estimate of drug-likeness (QED) is 0.260. The lowest BCUT2D eigenvalue weighted by Gasteiger charge is -2.27. The Hall–Kier alpha value is -2.38. The largest absolute Gasteiger partial charge is 0.491 e. The minimum atomic E-state index is -3.47. The van der Waals surface area contributed by atoms with Crippen molar-refractivity contribution in [3.63, 3.8) is 0 Å². The number of esters is 1. The summed E-state index contributed by atoms with van der Waals surface area (Å²) < 4.78 is 37.5. The minimum Gasteiger partial charge on any atom is -0.491 e. The number of ether oxygens (including phenoxy) is 2. The maximum absolute atomic E-state index is 12.7. The molecule has 0 saturated heterocycles. The second-order valence-corrected chi connectivity index (χ2v) is 9.46. The lowest BCUT2D eigenvalue weighted by molar-refractivity contribution is -0.154. The summed E-state index contributed by atoms with van der Waals surface area (Å²) in [4.78, 5) is 12.7. The Labute approximate surface area is 185 Å². The van der Waals surface area contributed by atoms with Crippen molar-refractivity contribution < 1.29 is 26.9 Å². The van der Waals surface area contributed by atoms with E-state index >= 15 is 0 Å². The average Bonchev–Trinajstić information content (AvgIpc) is 2.73. The highest BCUT2D eigenvalue weighted by atomic mass is 32.2. The summed E-state index contributed by atoms with van der Waals surface area (Å²) in [6.07, 6.45) is 4.10. The van der Waals surface area contributed by atoms with E-state index in [-0.39, 0.29) is 19.2 Å². The number of carbonyl (C=O) groups is 1. The standard InChI is InChI=1S/C24H32O6S/c1-4-28-23(25)24(2,16-8-11-20-9-6-5-7-10-20)19-21-12-14-22(15-13-21)29-17-18-30-31(3,26)27/h5-7,9-10,12-15H,4,8,11,16-19H2,1-3H3. The van der Waals surface area contributed by atoms with Crippen LogP contribution in [-0.2, 0) is 36.7 Å². The molecule has 0 fully saturated rings. The first kappa shape index (κ1) is 24.9. The molecular weight excluding hydrogens is 416 g/mol. The SMILES string of the molecule is CCOC(=O)C(C)(CCCc1ccccc1)Cc1ccc(OCCOS(C)(=O)=O)cc1. The van der Waals surface area contributed by atoms with Crippen LogP contribution in [0.1, 0.15) is 37.8 Å². The van der Waals surface area contributed by atoms with Gasteiger partial charge in [0.1, 0.15) is 19.0 Å². The molecule has 0 aromatic heterocycles. The Morgan fingerprint density at radius 2 is 1.65 bits per heavy atom. The zero-order chi connectivity index (χ0) is 22.7. The third-order valence-electron chi connectivity index (χ3n) is 4.97. The van der Waals surface area contributed by atoms with Crippen molar-refractivity contribution in [2.75, 3.05) is 26.1 Å². The van der Waals surface area contributed by atoms with E-state index in [0.29, 0.717) is 18.8 Å². The molecular formula is C24H32O6S. The topological polar surface area (TPSA) is 78.9 Å². The van der Waals surface area contributed by atoms with Crippen LogP contribution in [0, 0.1) is 5.41 Å². The van der Waals surface area contributed by atoms with Gasteiger partial charge in [-0.3, -0.25) is 8.98 Å². The van der Waals surface area contributed by atoms with Gasteiger partial charge < -0.3 is 9.47 Å². The molecule has 2 aromatic rings. The second-order valence-electron chi connectivity index (χ2n) is 7.82. The molecule has 0 aliphatic heterocycles. The molecule has 0 bridgehead atoms. The number of hydrogen-bond acceptors (Lipinski definition) is 6. The van der Waals surface area contributed by atoms with Gasteiger partial charge >= 0.3 is 5.97 Å². The molecule has 2 rings (SSSR count). The van der Waals surface area contributed by atoms with Gasteiger partial charge in [0, 0.05) is 0 Å². The summed E-state index contributed by atoms with van der Waals surface area (Å²) in [5, 5.41) is 0. The summed E-state index contributed by atoms with van der Waals surface area (Å²) in [5.74, 6) is 0.434. The highest BCUT2D eigenvalue weighted by Crippen LogP contribution is 2.31. The lowest BCUT2D eigenvalue weighted by Crippen LogP contribution is -2.32. The first-order valence-electron chi connectivity index (χ1n) is 10.5. The van der Waals surface area contributed by atoms with Crippen molar-refractivity contribution in [2.45, 2.75) is 39.5 Å².